The molecule has 76 valence electrons. The Balaban J connectivity index is 2.27. The first-order valence-corrected chi connectivity index (χ1v) is 5.04. The molecule has 1 aliphatic carbocycles. The van der Waals surface area contributed by atoms with Crippen LogP contribution in [0, 0.1) is 0 Å². The van der Waals surface area contributed by atoms with Crippen LogP contribution in [0.5, 0.6) is 5.75 Å². The average Bonchev–Trinajstić information content (AvgIpc) is 2.87. The highest BCUT2D eigenvalue weighted by molar-refractivity contribution is 6.30. The van der Waals surface area contributed by atoms with E-state index in [1.54, 1.807) is 6.20 Å². The first-order valence-electron chi connectivity index (χ1n) is 4.66. The van der Waals surface area contributed by atoms with Crippen LogP contribution in [-0.4, -0.2) is 25.2 Å². The Morgan fingerprint density at radius 3 is 2.79 bits per heavy atom. The van der Waals surface area contributed by atoms with Crippen molar-refractivity contribution in [2.45, 2.75) is 18.9 Å². The minimum atomic E-state index is 0.369. The van der Waals surface area contributed by atoms with E-state index in [0.29, 0.717) is 11.1 Å². The monoisotopic (exact) mass is 212 g/mol. The molecule has 1 saturated carbocycles. The quantitative estimate of drug-likeness (QED) is 0.769. The highest BCUT2D eigenvalue weighted by Gasteiger charge is 2.25. The fourth-order valence-corrected chi connectivity index (χ4v) is 1.35. The number of aromatic nitrogens is 1. The number of anilines is 1. The van der Waals surface area contributed by atoms with Gasteiger partial charge >= 0.3 is 0 Å². The Kier molecular flexibility index (Phi) is 2.50. The summed E-state index contributed by atoms with van der Waals surface area (Å²) in [5.74, 6) is 1.62. The van der Waals surface area contributed by atoms with E-state index in [4.69, 9.17) is 16.3 Å². The van der Waals surface area contributed by atoms with E-state index in [1.165, 1.54) is 0 Å². The van der Waals surface area contributed by atoms with Crippen molar-refractivity contribution in [3.8, 4) is 5.75 Å². The van der Waals surface area contributed by atoms with Gasteiger partial charge in [0, 0.05) is 26.4 Å². The largest absolute Gasteiger partial charge is 0.486 e. The van der Waals surface area contributed by atoms with Crippen molar-refractivity contribution >= 4 is 17.4 Å². The van der Waals surface area contributed by atoms with Crippen LogP contribution in [0.25, 0.3) is 0 Å². The van der Waals surface area contributed by atoms with E-state index >= 15 is 0 Å². The lowest BCUT2D eigenvalue weighted by Gasteiger charge is -2.16. The minimum Gasteiger partial charge on any atom is -0.486 e. The highest BCUT2D eigenvalue weighted by atomic mass is 35.5. The molecule has 1 fully saturated rings. The molecule has 1 aromatic heterocycles. The van der Waals surface area contributed by atoms with Gasteiger partial charge in [-0.3, -0.25) is 0 Å². The number of hydrogen-bond donors (Lipinski definition) is 0. The summed E-state index contributed by atoms with van der Waals surface area (Å²) in [7, 11) is 3.88. The molecule has 0 atom stereocenters. The van der Waals surface area contributed by atoms with Crippen molar-refractivity contribution in [3.63, 3.8) is 0 Å². The third-order valence-electron chi connectivity index (χ3n) is 2.04. The summed E-state index contributed by atoms with van der Waals surface area (Å²) in [6.45, 7) is 0. The molecule has 14 heavy (non-hydrogen) atoms. The molecule has 0 unspecified atom stereocenters. The Morgan fingerprint density at radius 2 is 2.21 bits per heavy atom. The van der Waals surface area contributed by atoms with Crippen LogP contribution >= 0.6 is 11.6 Å². The van der Waals surface area contributed by atoms with E-state index in [2.05, 4.69) is 4.98 Å². The van der Waals surface area contributed by atoms with E-state index < -0.39 is 0 Å². The Hall–Kier alpha value is -0.960. The summed E-state index contributed by atoms with van der Waals surface area (Å²) < 4.78 is 5.71. The van der Waals surface area contributed by atoms with Gasteiger partial charge in [0.1, 0.15) is 0 Å². The Morgan fingerprint density at radius 1 is 1.50 bits per heavy atom. The fourth-order valence-electron chi connectivity index (χ4n) is 1.20. The zero-order chi connectivity index (χ0) is 10.1. The van der Waals surface area contributed by atoms with Crippen molar-refractivity contribution < 1.29 is 4.74 Å². The van der Waals surface area contributed by atoms with E-state index in [1.807, 2.05) is 25.1 Å². The van der Waals surface area contributed by atoms with Crippen molar-refractivity contribution in [1.29, 1.82) is 0 Å². The SMILES string of the molecule is CN(C)c1ncc(Cl)cc1OC1CC1. The molecule has 1 heterocycles. The minimum absolute atomic E-state index is 0.369. The smallest absolute Gasteiger partial charge is 0.170 e. The third kappa shape index (κ3) is 2.10. The predicted octanol–water partition coefficient (Wildman–Crippen LogP) is 2.34. The topological polar surface area (TPSA) is 25.4 Å². The second kappa shape index (κ2) is 3.65. The second-order valence-electron chi connectivity index (χ2n) is 3.69. The first-order chi connectivity index (χ1) is 6.66. The number of ether oxygens (including phenoxy) is 1. The summed E-state index contributed by atoms with van der Waals surface area (Å²) in [4.78, 5) is 6.15. The van der Waals surface area contributed by atoms with Gasteiger partial charge in [0.05, 0.1) is 11.1 Å². The normalized spacial score (nSPS) is 15.4. The fraction of sp³-hybridized carbons (Fsp3) is 0.500. The molecule has 0 aromatic carbocycles. The lowest BCUT2D eigenvalue weighted by Crippen LogP contribution is -2.13. The van der Waals surface area contributed by atoms with Crippen molar-refractivity contribution in [2.75, 3.05) is 19.0 Å². The van der Waals surface area contributed by atoms with E-state index in [9.17, 15) is 0 Å². The molecule has 3 nitrogen and oxygen atoms in total. The zero-order valence-electron chi connectivity index (χ0n) is 8.33. The molecular weight excluding hydrogens is 200 g/mol. The van der Waals surface area contributed by atoms with Gasteiger partial charge in [-0.1, -0.05) is 11.6 Å². The Bertz CT molecular complexity index is 337. The summed E-state index contributed by atoms with van der Waals surface area (Å²) in [5.41, 5.74) is 0. The lowest BCUT2D eigenvalue weighted by atomic mass is 10.4. The summed E-state index contributed by atoms with van der Waals surface area (Å²) in [5, 5.41) is 0.617. The molecule has 0 bridgehead atoms. The molecule has 4 heteroatoms. The molecule has 1 aromatic rings. The van der Waals surface area contributed by atoms with Crippen LogP contribution in [0.1, 0.15) is 12.8 Å². The molecule has 0 amide bonds. The number of pyridine rings is 1. The maximum absolute atomic E-state index is 5.86. The van der Waals surface area contributed by atoms with E-state index in [0.717, 1.165) is 24.4 Å². The summed E-state index contributed by atoms with van der Waals surface area (Å²) >= 11 is 5.86. The van der Waals surface area contributed by atoms with Gasteiger partial charge < -0.3 is 9.64 Å². The lowest BCUT2D eigenvalue weighted by molar-refractivity contribution is 0.303. The summed E-state index contributed by atoms with van der Waals surface area (Å²) in [6, 6.07) is 1.82. The highest BCUT2D eigenvalue weighted by Crippen LogP contribution is 2.33. The van der Waals surface area contributed by atoms with Crippen LogP contribution in [0.3, 0.4) is 0 Å². The van der Waals surface area contributed by atoms with Gasteiger partial charge in [-0.05, 0) is 12.8 Å². The molecule has 0 radical (unpaired) electrons. The van der Waals surface area contributed by atoms with Crippen LogP contribution in [0.2, 0.25) is 5.02 Å². The molecule has 0 spiro atoms. The maximum Gasteiger partial charge on any atom is 0.170 e. The van der Waals surface area contributed by atoms with Crippen molar-refractivity contribution in [1.82, 2.24) is 4.98 Å². The number of rotatable bonds is 3. The van der Waals surface area contributed by atoms with E-state index in [-0.39, 0.29) is 0 Å². The van der Waals surface area contributed by atoms with Gasteiger partial charge in [-0.2, -0.15) is 0 Å². The van der Waals surface area contributed by atoms with Gasteiger partial charge in [0.25, 0.3) is 0 Å². The van der Waals surface area contributed by atoms with Crippen molar-refractivity contribution in [2.24, 2.45) is 0 Å². The van der Waals surface area contributed by atoms with Gasteiger partial charge in [0.2, 0.25) is 0 Å². The number of nitrogens with zero attached hydrogens (tertiary/aromatic N) is 2. The molecule has 0 aliphatic heterocycles. The second-order valence-corrected chi connectivity index (χ2v) is 4.12. The van der Waals surface area contributed by atoms with Gasteiger partial charge in [-0.25, -0.2) is 4.98 Å². The molecular formula is C10H13ClN2O. The van der Waals surface area contributed by atoms with Crippen LogP contribution in [0.15, 0.2) is 12.3 Å². The molecule has 0 saturated heterocycles. The molecule has 1 aliphatic rings. The number of halogens is 1. The van der Waals surface area contributed by atoms with Gasteiger partial charge in [-0.15, -0.1) is 0 Å². The third-order valence-corrected chi connectivity index (χ3v) is 2.25. The van der Waals surface area contributed by atoms with Crippen LogP contribution < -0.4 is 9.64 Å². The van der Waals surface area contributed by atoms with Crippen molar-refractivity contribution in [3.05, 3.63) is 17.3 Å². The first kappa shape index (κ1) is 9.59. The molecule has 0 N–H and O–H groups in total. The van der Waals surface area contributed by atoms with Crippen LogP contribution in [0.4, 0.5) is 5.82 Å². The zero-order valence-corrected chi connectivity index (χ0v) is 9.08. The molecule has 2 rings (SSSR count). The number of hydrogen-bond acceptors (Lipinski definition) is 3. The average molecular weight is 213 g/mol. The predicted molar refractivity (Wildman–Crippen MR) is 57.2 cm³/mol. The standard InChI is InChI=1S/C10H13ClN2O/c1-13(2)10-9(14-8-3-4-8)5-7(11)6-12-10/h5-6,8H,3-4H2,1-2H3. The summed E-state index contributed by atoms with van der Waals surface area (Å²) in [6.07, 6.45) is 4.28. The maximum atomic E-state index is 5.86. The Labute approximate surface area is 88.6 Å². The van der Waals surface area contributed by atoms with Crippen LogP contribution in [-0.2, 0) is 0 Å². The van der Waals surface area contributed by atoms with Gasteiger partial charge in [0.15, 0.2) is 11.6 Å².